The molecule has 0 radical (unpaired) electrons. The van der Waals surface area contributed by atoms with Crippen molar-refractivity contribution in [3.63, 3.8) is 0 Å². The fourth-order valence-corrected chi connectivity index (χ4v) is 1.64. The monoisotopic (exact) mass is 137 g/mol. The van der Waals surface area contributed by atoms with Gasteiger partial charge < -0.3 is 0 Å². The van der Waals surface area contributed by atoms with E-state index in [1.54, 1.807) is 6.92 Å². The van der Waals surface area contributed by atoms with Crippen molar-refractivity contribution in [3.8, 4) is 6.07 Å². The Balaban J connectivity index is 2.43. The molecule has 0 bridgehead atoms. The van der Waals surface area contributed by atoms with Crippen LogP contribution in [0, 0.1) is 29.1 Å². The zero-order chi connectivity index (χ0) is 7.72. The molecule has 3 atom stereocenters. The van der Waals surface area contributed by atoms with Gasteiger partial charge in [0.2, 0.25) is 0 Å². The van der Waals surface area contributed by atoms with Gasteiger partial charge in [0, 0.05) is 12.3 Å². The first-order valence-corrected chi connectivity index (χ1v) is 3.56. The van der Waals surface area contributed by atoms with E-state index in [-0.39, 0.29) is 11.7 Å². The fraction of sp³-hybridized carbons (Fsp3) is 0.750. The van der Waals surface area contributed by atoms with Gasteiger partial charge in [-0.05, 0) is 18.8 Å². The molecule has 1 fully saturated rings. The van der Waals surface area contributed by atoms with Crippen LogP contribution in [-0.2, 0) is 4.79 Å². The smallest absolute Gasteiger partial charge is 0.133 e. The number of nitrogens with zero attached hydrogens (tertiary/aromatic N) is 1. The molecule has 0 heterocycles. The number of Topliss-reactive ketones (excluding diaryl/α,β-unsaturated/α-hetero) is 1. The maximum Gasteiger partial charge on any atom is 0.133 e. The van der Waals surface area contributed by atoms with E-state index in [1.165, 1.54) is 0 Å². The van der Waals surface area contributed by atoms with Crippen LogP contribution in [-0.4, -0.2) is 5.78 Å². The average molecular weight is 137 g/mol. The van der Waals surface area contributed by atoms with Gasteiger partial charge in [0.05, 0.1) is 6.07 Å². The summed E-state index contributed by atoms with van der Waals surface area (Å²) in [5.41, 5.74) is 0. The Hall–Kier alpha value is -0.840. The molecular formula is C8H11NO. The molecule has 0 aromatic rings. The zero-order valence-electron chi connectivity index (χ0n) is 6.29. The number of carbonyl (C=O) groups excluding carboxylic acids is 1. The second-order valence-electron chi connectivity index (χ2n) is 3.02. The third kappa shape index (κ3) is 1.04. The van der Waals surface area contributed by atoms with Crippen LogP contribution < -0.4 is 0 Å². The Morgan fingerprint density at radius 2 is 2.30 bits per heavy atom. The number of rotatable bonds is 2. The van der Waals surface area contributed by atoms with Gasteiger partial charge in [-0.15, -0.1) is 0 Å². The van der Waals surface area contributed by atoms with Crippen LogP contribution in [0.5, 0.6) is 0 Å². The lowest BCUT2D eigenvalue weighted by molar-refractivity contribution is -0.118. The lowest BCUT2D eigenvalue weighted by Gasteiger charge is -1.84. The lowest BCUT2D eigenvalue weighted by atomic mass is 10.2. The molecule has 2 nitrogen and oxygen atoms in total. The molecule has 0 N–H and O–H groups in total. The quantitative estimate of drug-likeness (QED) is 0.576. The van der Waals surface area contributed by atoms with Gasteiger partial charge in [-0.25, -0.2) is 0 Å². The minimum Gasteiger partial charge on any atom is -0.300 e. The van der Waals surface area contributed by atoms with Gasteiger partial charge in [0.1, 0.15) is 5.78 Å². The molecule has 10 heavy (non-hydrogen) atoms. The fourth-order valence-electron chi connectivity index (χ4n) is 1.64. The van der Waals surface area contributed by atoms with Crippen LogP contribution in [0.1, 0.15) is 20.3 Å². The van der Waals surface area contributed by atoms with E-state index in [4.69, 9.17) is 5.26 Å². The summed E-state index contributed by atoms with van der Waals surface area (Å²) in [5, 5.41) is 8.33. The minimum atomic E-state index is 0.194. The van der Waals surface area contributed by atoms with Crippen LogP contribution in [0.4, 0.5) is 0 Å². The second kappa shape index (κ2) is 2.42. The third-order valence-corrected chi connectivity index (χ3v) is 2.36. The molecule has 0 saturated heterocycles. The van der Waals surface area contributed by atoms with Crippen LogP contribution in [0.25, 0.3) is 0 Å². The third-order valence-electron chi connectivity index (χ3n) is 2.36. The molecule has 54 valence electrons. The van der Waals surface area contributed by atoms with Crippen molar-refractivity contribution in [2.24, 2.45) is 17.8 Å². The van der Waals surface area contributed by atoms with E-state index in [2.05, 4.69) is 6.07 Å². The second-order valence-corrected chi connectivity index (χ2v) is 3.02. The summed E-state index contributed by atoms with van der Waals surface area (Å²) in [5.74, 6) is 1.26. The van der Waals surface area contributed by atoms with Crippen LogP contribution >= 0.6 is 0 Å². The van der Waals surface area contributed by atoms with Crippen molar-refractivity contribution in [1.29, 1.82) is 5.26 Å². The first-order valence-electron chi connectivity index (χ1n) is 3.56. The first kappa shape index (κ1) is 7.27. The van der Waals surface area contributed by atoms with Crippen molar-refractivity contribution in [1.82, 2.24) is 0 Å². The molecule has 1 aliphatic rings. The predicted octanol–water partition coefficient (Wildman–Crippen LogP) is 1.37. The Kier molecular flexibility index (Phi) is 1.76. The van der Waals surface area contributed by atoms with Gasteiger partial charge in [-0.3, -0.25) is 4.79 Å². The molecule has 1 aliphatic carbocycles. The maximum absolute atomic E-state index is 10.8. The molecule has 0 aromatic carbocycles. The zero-order valence-corrected chi connectivity index (χ0v) is 6.29. The van der Waals surface area contributed by atoms with Crippen molar-refractivity contribution in [2.75, 3.05) is 0 Å². The molecule has 0 spiro atoms. The van der Waals surface area contributed by atoms with Crippen molar-refractivity contribution in [3.05, 3.63) is 0 Å². The molecule has 3 unspecified atom stereocenters. The summed E-state index contributed by atoms with van der Waals surface area (Å²) in [4.78, 5) is 10.8. The van der Waals surface area contributed by atoms with Crippen molar-refractivity contribution >= 4 is 5.78 Å². The number of ketones is 1. The van der Waals surface area contributed by atoms with Crippen molar-refractivity contribution in [2.45, 2.75) is 20.3 Å². The maximum atomic E-state index is 10.8. The summed E-state index contributed by atoms with van der Waals surface area (Å²) in [6.07, 6.45) is 0.547. The summed E-state index contributed by atoms with van der Waals surface area (Å²) in [7, 11) is 0. The molecular weight excluding hydrogens is 126 g/mol. The molecule has 0 aliphatic heterocycles. The van der Waals surface area contributed by atoms with Crippen LogP contribution in [0.2, 0.25) is 0 Å². The van der Waals surface area contributed by atoms with Crippen LogP contribution in [0.15, 0.2) is 0 Å². The van der Waals surface area contributed by atoms with Gasteiger partial charge in [-0.1, -0.05) is 6.92 Å². The summed E-state index contributed by atoms with van der Waals surface area (Å²) >= 11 is 0. The standard InChI is InChI=1S/C8H11NO/c1-5-7(3-4-9)8(5)6(2)10/h5,7-8H,3H2,1-2H3. The van der Waals surface area contributed by atoms with E-state index in [0.29, 0.717) is 18.3 Å². The molecule has 2 heteroatoms. The normalized spacial score (nSPS) is 36.7. The molecule has 1 rings (SSSR count). The number of nitriles is 1. The molecule has 0 amide bonds. The van der Waals surface area contributed by atoms with E-state index in [9.17, 15) is 4.79 Å². The SMILES string of the molecule is CC(=O)C1C(C)C1CC#N. The van der Waals surface area contributed by atoms with Gasteiger partial charge in [0.25, 0.3) is 0 Å². The van der Waals surface area contributed by atoms with Gasteiger partial charge in [0.15, 0.2) is 0 Å². The Labute approximate surface area is 60.8 Å². The highest BCUT2D eigenvalue weighted by atomic mass is 16.1. The highest BCUT2D eigenvalue weighted by Crippen LogP contribution is 2.48. The Bertz CT molecular complexity index is 192. The molecule has 1 saturated carbocycles. The van der Waals surface area contributed by atoms with Gasteiger partial charge >= 0.3 is 0 Å². The van der Waals surface area contributed by atoms with E-state index in [0.717, 1.165) is 0 Å². The highest BCUT2D eigenvalue weighted by Gasteiger charge is 2.49. The average Bonchev–Trinajstić information content (AvgIpc) is 2.43. The molecule has 0 aromatic heterocycles. The Morgan fingerprint density at radius 1 is 1.70 bits per heavy atom. The summed E-state index contributed by atoms with van der Waals surface area (Å²) < 4.78 is 0. The minimum absolute atomic E-state index is 0.194. The van der Waals surface area contributed by atoms with E-state index >= 15 is 0 Å². The number of carbonyl (C=O) groups is 1. The summed E-state index contributed by atoms with van der Waals surface area (Å²) in [6.45, 7) is 3.65. The summed E-state index contributed by atoms with van der Waals surface area (Å²) in [6, 6.07) is 2.09. The van der Waals surface area contributed by atoms with Crippen LogP contribution in [0.3, 0.4) is 0 Å². The lowest BCUT2D eigenvalue weighted by Crippen LogP contribution is -1.95. The topological polar surface area (TPSA) is 40.9 Å². The number of hydrogen-bond acceptors (Lipinski definition) is 2. The number of hydrogen-bond donors (Lipinski definition) is 0. The highest BCUT2D eigenvalue weighted by molar-refractivity contribution is 5.81. The Morgan fingerprint density at radius 3 is 2.60 bits per heavy atom. The van der Waals surface area contributed by atoms with E-state index < -0.39 is 0 Å². The first-order chi connectivity index (χ1) is 4.68. The van der Waals surface area contributed by atoms with Gasteiger partial charge in [-0.2, -0.15) is 5.26 Å². The van der Waals surface area contributed by atoms with E-state index in [1.807, 2.05) is 6.92 Å². The predicted molar refractivity (Wildman–Crippen MR) is 37.1 cm³/mol. The van der Waals surface area contributed by atoms with Crippen molar-refractivity contribution < 1.29 is 4.79 Å². The largest absolute Gasteiger partial charge is 0.300 e.